The van der Waals surface area contributed by atoms with Gasteiger partial charge in [0.15, 0.2) is 0 Å². The molecule has 0 amide bonds. The molecular formula is C16H17Cl2N5O2S. The molecule has 0 unspecified atom stereocenters. The van der Waals surface area contributed by atoms with Gasteiger partial charge in [-0.2, -0.15) is 10.2 Å². The Balaban J connectivity index is 1.81. The van der Waals surface area contributed by atoms with E-state index in [0.29, 0.717) is 40.1 Å². The fourth-order valence-corrected chi connectivity index (χ4v) is 4.22. The predicted molar refractivity (Wildman–Crippen MR) is 101 cm³/mol. The number of hydrogen-bond donors (Lipinski definition) is 1. The first-order valence-corrected chi connectivity index (χ1v) is 10.1. The van der Waals surface area contributed by atoms with Crippen LogP contribution in [0.25, 0.3) is 0 Å². The highest BCUT2D eigenvalue weighted by molar-refractivity contribution is 7.92. The van der Waals surface area contributed by atoms with Gasteiger partial charge in [0.2, 0.25) is 0 Å². The second-order valence-corrected chi connectivity index (χ2v) is 8.13. The van der Waals surface area contributed by atoms with E-state index >= 15 is 0 Å². The third-order valence-corrected chi connectivity index (χ3v) is 5.97. The van der Waals surface area contributed by atoms with Crippen molar-refractivity contribution < 1.29 is 8.42 Å². The van der Waals surface area contributed by atoms with Crippen LogP contribution in [0.4, 0.5) is 5.69 Å². The lowest BCUT2D eigenvalue weighted by molar-refractivity contribution is 0.600. The van der Waals surface area contributed by atoms with Gasteiger partial charge in [-0.1, -0.05) is 29.3 Å². The van der Waals surface area contributed by atoms with Crippen LogP contribution in [0.2, 0.25) is 10.0 Å². The molecule has 0 aliphatic heterocycles. The molecule has 7 nitrogen and oxygen atoms in total. The van der Waals surface area contributed by atoms with Crippen LogP contribution in [0.15, 0.2) is 41.7 Å². The van der Waals surface area contributed by atoms with Gasteiger partial charge in [0.05, 0.1) is 24.1 Å². The third-order valence-electron chi connectivity index (χ3n) is 3.78. The van der Waals surface area contributed by atoms with Crippen molar-refractivity contribution in [1.82, 2.24) is 19.6 Å². The summed E-state index contributed by atoms with van der Waals surface area (Å²) >= 11 is 12.3. The number of anilines is 1. The van der Waals surface area contributed by atoms with Crippen LogP contribution < -0.4 is 4.72 Å². The SMILES string of the molecule is CCn1cc(S(=O)(=O)Nc2cnn(Cc3c(Cl)cccc3Cl)c2)c(C)n1. The Kier molecular flexibility index (Phi) is 5.27. The van der Waals surface area contributed by atoms with Crippen molar-refractivity contribution in [3.63, 3.8) is 0 Å². The summed E-state index contributed by atoms with van der Waals surface area (Å²) < 4.78 is 30.8. The Labute approximate surface area is 161 Å². The molecule has 0 bridgehead atoms. The minimum Gasteiger partial charge on any atom is -0.276 e. The van der Waals surface area contributed by atoms with E-state index in [1.807, 2.05) is 6.92 Å². The zero-order chi connectivity index (χ0) is 18.9. The molecule has 0 saturated heterocycles. The number of aryl methyl sites for hydroxylation is 2. The van der Waals surface area contributed by atoms with Crippen molar-refractivity contribution in [1.29, 1.82) is 0 Å². The van der Waals surface area contributed by atoms with Gasteiger partial charge >= 0.3 is 0 Å². The first kappa shape index (κ1) is 18.8. The summed E-state index contributed by atoms with van der Waals surface area (Å²) in [6.45, 7) is 4.46. The highest BCUT2D eigenvalue weighted by atomic mass is 35.5. The third kappa shape index (κ3) is 3.87. The summed E-state index contributed by atoms with van der Waals surface area (Å²) in [6, 6.07) is 5.24. The molecular weight excluding hydrogens is 397 g/mol. The van der Waals surface area contributed by atoms with Crippen molar-refractivity contribution in [2.24, 2.45) is 0 Å². The normalized spacial score (nSPS) is 11.7. The van der Waals surface area contributed by atoms with Crippen LogP contribution in [0.3, 0.4) is 0 Å². The molecule has 0 aliphatic carbocycles. The monoisotopic (exact) mass is 413 g/mol. The van der Waals surface area contributed by atoms with Crippen LogP contribution in [0.5, 0.6) is 0 Å². The lowest BCUT2D eigenvalue weighted by Crippen LogP contribution is -2.13. The van der Waals surface area contributed by atoms with Crippen molar-refractivity contribution in [2.45, 2.75) is 31.8 Å². The first-order chi connectivity index (χ1) is 12.3. The first-order valence-electron chi connectivity index (χ1n) is 7.82. The topological polar surface area (TPSA) is 81.8 Å². The fourth-order valence-electron chi connectivity index (χ4n) is 2.48. The highest BCUT2D eigenvalue weighted by Gasteiger charge is 2.21. The van der Waals surface area contributed by atoms with Crippen LogP contribution in [0.1, 0.15) is 18.2 Å². The molecule has 2 aromatic heterocycles. The maximum atomic E-state index is 12.6. The van der Waals surface area contributed by atoms with E-state index in [1.54, 1.807) is 40.7 Å². The molecule has 0 fully saturated rings. The van der Waals surface area contributed by atoms with Gasteiger partial charge < -0.3 is 0 Å². The van der Waals surface area contributed by atoms with E-state index in [2.05, 4.69) is 14.9 Å². The molecule has 138 valence electrons. The Hall–Kier alpha value is -2.03. The average Bonchev–Trinajstić information content (AvgIpc) is 3.17. The van der Waals surface area contributed by atoms with Gasteiger partial charge in [0.1, 0.15) is 4.90 Å². The highest BCUT2D eigenvalue weighted by Crippen LogP contribution is 2.25. The lowest BCUT2D eigenvalue weighted by Gasteiger charge is -2.07. The average molecular weight is 414 g/mol. The van der Waals surface area contributed by atoms with Gasteiger partial charge in [-0.15, -0.1) is 0 Å². The van der Waals surface area contributed by atoms with Crippen LogP contribution in [0, 0.1) is 6.92 Å². The Morgan fingerprint density at radius 3 is 2.46 bits per heavy atom. The number of aromatic nitrogens is 4. The van der Waals surface area contributed by atoms with E-state index in [-0.39, 0.29) is 4.90 Å². The van der Waals surface area contributed by atoms with Crippen molar-refractivity contribution in [3.8, 4) is 0 Å². The summed E-state index contributed by atoms with van der Waals surface area (Å²) in [5.41, 5.74) is 1.50. The largest absolute Gasteiger partial charge is 0.276 e. The molecule has 0 radical (unpaired) electrons. The smallest absolute Gasteiger partial charge is 0.265 e. The van der Waals surface area contributed by atoms with Gasteiger partial charge in [0.25, 0.3) is 10.0 Å². The van der Waals surface area contributed by atoms with Gasteiger partial charge in [0, 0.05) is 34.5 Å². The standard InChI is InChI=1S/C16H17Cl2N5O2S/c1-3-22-10-16(11(2)20-22)26(24,25)21-12-7-19-23(8-12)9-13-14(17)5-4-6-15(13)18/h4-8,10,21H,3,9H2,1-2H3. The molecule has 1 aromatic carbocycles. The molecule has 0 aliphatic rings. The van der Waals surface area contributed by atoms with E-state index in [9.17, 15) is 8.42 Å². The van der Waals surface area contributed by atoms with Gasteiger partial charge in [-0.05, 0) is 26.0 Å². The Morgan fingerprint density at radius 1 is 1.15 bits per heavy atom. The second kappa shape index (κ2) is 7.30. The second-order valence-electron chi connectivity index (χ2n) is 5.67. The van der Waals surface area contributed by atoms with E-state index in [4.69, 9.17) is 23.2 Å². The number of nitrogens with zero attached hydrogens (tertiary/aromatic N) is 4. The quantitative estimate of drug-likeness (QED) is 0.669. The molecule has 3 aromatic rings. The molecule has 10 heteroatoms. The van der Waals surface area contributed by atoms with Crippen molar-refractivity contribution in [2.75, 3.05) is 4.72 Å². The summed E-state index contributed by atoms with van der Waals surface area (Å²) in [6.07, 6.45) is 4.52. The fraction of sp³-hybridized carbons (Fsp3) is 0.250. The molecule has 0 atom stereocenters. The molecule has 3 rings (SSSR count). The minimum absolute atomic E-state index is 0.140. The lowest BCUT2D eigenvalue weighted by atomic mass is 10.2. The molecule has 26 heavy (non-hydrogen) atoms. The number of sulfonamides is 1. The summed E-state index contributed by atoms with van der Waals surface area (Å²) in [5, 5.41) is 9.38. The van der Waals surface area contributed by atoms with Gasteiger partial charge in [-0.25, -0.2) is 8.42 Å². The predicted octanol–water partition coefficient (Wildman–Crippen LogP) is 3.56. The Bertz CT molecular complexity index is 1020. The number of nitrogens with one attached hydrogen (secondary N) is 1. The molecule has 0 spiro atoms. The van der Waals surface area contributed by atoms with Crippen LogP contribution in [-0.4, -0.2) is 28.0 Å². The van der Waals surface area contributed by atoms with Crippen molar-refractivity contribution in [3.05, 3.63) is 58.1 Å². The van der Waals surface area contributed by atoms with Crippen molar-refractivity contribution >= 4 is 38.9 Å². The maximum absolute atomic E-state index is 12.6. The molecule has 0 saturated carbocycles. The zero-order valence-corrected chi connectivity index (χ0v) is 16.5. The van der Waals surface area contributed by atoms with Crippen LogP contribution >= 0.6 is 23.2 Å². The van der Waals surface area contributed by atoms with E-state index in [0.717, 1.165) is 0 Å². The number of rotatable bonds is 6. The van der Waals surface area contributed by atoms with E-state index in [1.165, 1.54) is 12.4 Å². The zero-order valence-electron chi connectivity index (χ0n) is 14.1. The maximum Gasteiger partial charge on any atom is 0.265 e. The van der Waals surface area contributed by atoms with Crippen LogP contribution in [-0.2, 0) is 23.1 Å². The van der Waals surface area contributed by atoms with Gasteiger partial charge in [-0.3, -0.25) is 14.1 Å². The summed E-state index contributed by atoms with van der Waals surface area (Å²) in [5.74, 6) is 0. The van der Waals surface area contributed by atoms with E-state index < -0.39 is 10.0 Å². The number of benzene rings is 1. The Morgan fingerprint density at radius 2 is 1.85 bits per heavy atom. The minimum atomic E-state index is -3.75. The molecule has 1 N–H and O–H groups in total. The summed E-state index contributed by atoms with van der Waals surface area (Å²) in [4.78, 5) is 0.140. The number of hydrogen-bond acceptors (Lipinski definition) is 4. The summed E-state index contributed by atoms with van der Waals surface area (Å²) in [7, 11) is -3.75. The number of halogens is 2. The molecule has 2 heterocycles.